The van der Waals surface area contributed by atoms with Gasteiger partial charge < -0.3 is 14.9 Å². The number of nitrogens with zero attached hydrogens (tertiary/aromatic N) is 4. The molecule has 2 fully saturated rings. The van der Waals surface area contributed by atoms with E-state index in [0.29, 0.717) is 18.1 Å². The molecule has 15 heteroatoms. The number of carbonyl (C=O) groups is 2. The van der Waals surface area contributed by atoms with Crippen molar-refractivity contribution in [2.24, 2.45) is 13.0 Å². The number of halogens is 6. The highest BCUT2D eigenvalue weighted by Crippen LogP contribution is 2.31. The molecule has 1 aromatic heterocycles. The Balaban J connectivity index is 0.000000383. The molecule has 208 valence electrons. The Bertz CT molecular complexity index is 804. The van der Waals surface area contributed by atoms with E-state index in [0.717, 1.165) is 39.3 Å². The summed E-state index contributed by atoms with van der Waals surface area (Å²) in [5.41, 5.74) is 1.32. The lowest BCUT2D eigenvalue weighted by molar-refractivity contribution is -0.193. The lowest BCUT2D eigenvalue weighted by atomic mass is 9.84. The highest BCUT2D eigenvalue weighted by molar-refractivity contribution is 5.73. The summed E-state index contributed by atoms with van der Waals surface area (Å²) in [7, 11) is 1.99. The molecule has 3 rings (SSSR count). The minimum absolute atomic E-state index is 0.429. The Morgan fingerprint density at radius 3 is 2.03 bits per heavy atom. The normalized spacial score (nSPS) is 22.6. The molecule has 9 nitrogen and oxygen atoms in total. The summed E-state index contributed by atoms with van der Waals surface area (Å²) in [4.78, 5) is 23.0. The molecular formula is C21H32F6N4O5. The van der Waals surface area contributed by atoms with E-state index in [1.807, 2.05) is 17.9 Å². The number of hydrogen-bond donors (Lipinski definition) is 2. The van der Waals surface area contributed by atoms with Gasteiger partial charge in [0.15, 0.2) is 0 Å². The summed E-state index contributed by atoms with van der Waals surface area (Å²) in [6.07, 6.45) is -3.08. The topological polar surface area (TPSA) is 108 Å². The van der Waals surface area contributed by atoms with Crippen molar-refractivity contribution in [3.63, 3.8) is 0 Å². The van der Waals surface area contributed by atoms with Crippen LogP contribution in [-0.4, -0.2) is 99.0 Å². The summed E-state index contributed by atoms with van der Waals surface area (Å²) in [6.45, 7) is 11.0. The third kappa shape index (κ3) is 10.3. The molecule has 2 aliphatic heterocycles. The van der Waals surface area contributed by atoms with Gasteiger partial charge in [-0.3, -0.25) is 14.5 Å². The lowest BCUT2D eigenvalue weighted by Crippen LogP contribution is -2.60. The number of aromatic nitrogens is 2. The lowest BCUT2D eigenvalue weighted by Gasteiger charge is -2.49. The number of fused-ring (bicyclic) bond motifs is 1. The van der Waals surface area contributed by atoms with Crippen molar-refractivity contribution >= 4 is 11.9 Å². The fourth-order valence-electron chi connectivity index (χ4n) is 4.22. The van der Waals surface area contributed by atoms with Crippen molar-refractivity contribution in [1.82, 2.24) is 19.6 Å². The van der Waals surface area contributed by atoms with Crippen molar-refractivity contribution in [2.45, 2.75) is 57.7 Å². The van der Waals surface area contributed by atoms with Gasteiger partial charge in [0.1, 0.15) is 0 Å². The number of alkyl halides is 6. The van der Waals surface area contributed by atoms with Crippen molar-refractivity contribution in [1.29, 1.82) is 0 Å². The minimum Gasteiger partial charge on any atom is -0.475 e. The maximum atomic E-state index is 10.6. The Hall–Kier alpha value is -2.39. The van der Waals surface area contributed by atoms with Crippen LogP contribution in [-0.2, 0) is 27.9 Å². The van der Waals surface area contributed by atoms with Gasteiger partial charge in [-0.1, -0.05) is 13.8 Å². The molecule has 3 heterocycles. The van der Waals surface area contributed by atoms with E-state index in [2.05, 4.69) is 34.9 Å². The van der Waals surface area contributed by atoms with Crippen LogP contribution in [0.3, 0.4) is 0 Å². The predicted molar refractivity (Wildman–Crippen MR) is 115 cm³/mol. The molecule has 2 aliphatic rings. The Morgan fingerprint density at radius 2 is 1.61 bits per heavy atom. The fraction of sp³-hybridized carbons (Fsp3) is 0.762. The first-order valence-corrected chi connectivity index (χ1v) is 11.3. The number of hydrogen-bond acceptors (Lipinski definition) is 6. The van der Waals surface area contributed by atoms with Gasteiger partial charge in [0.05, 0.1) is 12.3 Å². The molecule has 0 unspecified atom stereocenters. The third-order valence-electron chi connectivity index (χ3n) is 5.74. The van der Waals surface area contributed by atoms with Crippen LogP contribution in [0.1, 0.15) is 32.3 Å². The molecule has 1 aromatic rings. The summed E-state index contributed by atoms with van der Waals surface area (Å²) in [5.74, 6) is -4.83. The molecule has 2 saturated heterocycles. The molecule has 2 N–H and O–H groups in total. The van der Waals surface area contributed by atoms with E-state index >= 15 is 0 Å². The van der Waals surface area contributed by atoms with Crippen LogP contribution in [0.15, 0.2) is 12.4 Å². The second kappa shape index (κ2) is 13.8. The van der Waals surface area contributed by atoms with E-state index in [1.165, 1.54) is 18.4 Å². The smallest absolute Gasteiger partial charge is 0.475 e. The van der Waals surface area contributed by atoms with Gasteiger partial charge in [-0.2, -0.15) is 31.4 Å². The van der Waals surface area contributed by atoms with Crippen LogP contribution in [0.4, 0.5) is 26.3 Å². The Morgan fingerprint density at radius 1 is 1.08 bits per heavy atom. The summed E-state index contributed by atoms with van der Waals surface area (Å²) in [6, 6.07) is 0.533. The van der Waals surface area contributed by atoms with Crippen molar-refractivity contribution in [3.8, 4) is 0 Å². The fourth-order valence-corrected chi connectivity index (χ4v) is 4.22. The molecule has 0 amide bonds. The molecular weight excluding hydrogens is 502 g/mol. The summed E-state index contributed by atoms with van der Waals surface area (Å²) >= 11 is 0. The largest absolute Gasteiger partial charge is 0.490 e. The SMILES string of the molecule is CCN(CC)[C@@H]1CN(Cc2cnn(C)c2)C[C@@H]2CCCO[C@@H]21.O=C(O)C(F)(F)F.O=C(O)C(F)(F)F. The molecule has 0 aromatic carbocycles. The third-order valence-corrected chi connectivity index (χ3v) is 5.74. The first-order valence-electron chi connectivity index (χ1n) is 11.3. The summed E-state index contributed by atoms with van der Waals surface area (Å²) < 4.78 is 71.6. The van der Waals surface area contributed by atoms with Gasteiger partial charge in [0.25, 0.3) is 0 Å². The number of likely N-dealkylation sites (N-methyl/N-ethyl adjacent to an activating group) is 1. The molecule has 0 saturated carbocycles. The van der Waals surface area contributed by atoms with Crippen LogP contribution in [0, 0.1) is 5.92 Å². The Labute approximate surface area is 204 Å². The average Bonchev–Trinajstić information content (AvgIpc) is 3.18. The zero-order valence-corrected chi connectivity index (χ0v) is 20.2. The average molecular weight is 534 g/mol. The maximum Gasteiger partial charge on any atom is 0.490 e. The van der Waals surface area contributed by atoms with E-state index in [-0.39, 0.29) is 0 Å². The quantitative estimate of drug-likeness (QED) is 0.556. The van der Waals surface area contributed by atoms with E-state index in [1.54, 1.807) is 0 Å². The number of carboxylic acid groups (broad SMARTS) is 2. The van der Waals surface area contributed by atoms with Crippen LogP contribution < -0.4 is 0 Å². The van der Waals surface area contributed by atoms with Crippen molar-refractivity contribution in [3.05, 3.63) is 18.0 Å². The van der Waals surface area contributed by atoms with Gasteiger partial charge in [0, 0.05) is 51.1 Å². The molecule has 0 aliphatic carbocycles. The monoisotopic (exact) mass is 534 g/mol. The standard InChI is InChI=1S/C17H30N4O.2C2HF3O2/c1-4-21(5-2)16-13-20(11-14-9-18-19(3)10-14)12-15-7-6-8-22-17(15)16;2*3-2(4,5)1(6)7/h9-10,15-17H,4-8,11-13H2,1-3H3;2*(H,6,7)/t15-,16+,17-;;/m0../s1. The molecule has 36 heavy (non-hydrogen) atoms. The second-order valence-corrected chi connectivity index (χ2v) is 8.35. The van der Waals surface area contributed by atoms with Crippen molar-refractivity contribution < 1.29 is 50.9 Å². The van der Waals surface area contributed by atoms with Gasteiger partial charge >= 0.3 is 24.3 Å². The second-order valence-electron chi connectivity index (χ2n) is 8.35. The summed E-state index contributed by atoms with van der Waals surface area (Å²) in [5, 5.41) is 18.6. The van der Waals surface area contributed by atoms with Crippen molar-refractivity contribution in [2.75, 3.05) is 32.8 Å². The van der Waals surface area contributed by atoms with E-state index in [9.17, 15) is 26.3 Å². The van der Waals surface area contributed by atoms with Crippen LogP contribution in [0.5, 0.6) is 0 Å². The maximum absolute atomic E-state index is 10.6. The number of carboxylic acids is 2. The first kappa shape index (κ1) is 31.6. The highest BCUT2D eigenvalue weighted by atomic mass is 19.4. The molecule has 0 spiro atoms. The number of aliphatic carboxylic acids is 2. The minimum atomic E-state index is -5.08. The van der Waals surface area contributed by atoms with Crippen LogP contribution in [0.2, 0.25) is 0 Å². The van der Waals surface area contributed by atoms with Gasteiger partial charge in [-0.15, -0.1) is 0 Å². The highest BCUT2D eigenvalue weighted by Gasteiger charge is 2.41. The first-order chi connectivity index (χ1) is 16.6. The molecule has 0 bridgehead atoms. The predicted octanol–water partition coefficient (Wildman–Crippen LogP) is 3.01. The number of ether oxygens (including phenoxy) is 1. The van der Waals surface area contributed by atoms with Crippen LogP contribution in [0.25, 0.3) is 0 Å². The zero-order chi connectivity index (χ0) is 27.7. The molecule has 3 atom stereocenters. The van der Waals surface area contributed by atoms with E-state index < -0.39 is 24.3 Å². The number of likely N-dealkylation sites (tertiary alicyclic amines) is 1. The Kier molecular flexibility index (Phi) is 12.1. The van der Waals surface area contributed by atoms with Gasteiger partial charge in [-0.25, -0.2) is 9.59 Å². The number of piperidine rings is 1. The molecule has 0 radical (unpaired) electrons. The van der Waals surface area contributed by atoms with Crippen LogP contribution >= 0.6 is 0 Å². The van der Waals surface area contributed by atoms with E-state index in [4.69, 9.17) is 24.5 Å². The zero-order valence-electron chi connectivity index (χ0n) is 20.2. The number of aryl methyl sites for hydroxylation is 1. The van der Waals surface area contributed by atoms with Gasteiger partial charge in [0.2, 0.25) is 0 Å². The number of rotatable bonds is 5. The van der Waals surface area contributed by atoms with Gasteiger partial charge in [-0.05, 0) is 31.8 Å².